The third-order valence-corrected chi connectivity index (χ3v) is 3.52. The van der Waals surface area contributed by atoms with E-state index in [0.717, 1.165) is 6.42 Å². The molecule has 0 aliphatic heterocycles. The molecule has 0 nitrogen and oxygen atoms in total. The van der Waals surface area contributed by atoms with Crippen LogP contribution in [0.5, 0.6) is 0 Å². The molecule has 1 unspecified atom stereocenters. The van der Waals surface area contributed by atoms with E-state index in [9.17, 15) is 0 Å². The van der Waals surface area contributed by atoms with Crippen molar-refractivity contribution < 1.29 is 0 Å². The first kappa shape index (κ1) is 13.6. The van der Waals surface area contributed by atoms with Crippen LogP contribution in [0.1, 0.15) is 33.6 Å². The molecule has 0 saturated carbocycles. The van der Waals surface area contributed by atoms with Crippen molar-refractivity contribution in [1.82, 2.24) is 0 Å². The predicted molar refractivity (Wildman–Crippen MR) is 69.6 cm³/mol. The Morgan fingerprint density at radius 2 is 2.07 bits per heavy atom. The van der Waals surface area contributed by atoms with E-state index in [0.29, 0.717) is 5.92 Å². The molecule has 0 fully saturated rings. The maximum Gasteiger partial charge on any atom is -0.00950 e. The molecular formula is C13H22S. The van der Waals surface area contributed by atoms with Crippen molar-refractivity contribution in [2.75, 3.05) is 6.26 Å². The van der Waals surface area contributed by atoms with Gasteiger partial charge < -0.3 is 0 Å². The molecule has 0 aromatic carbocycles. The van der Waals surface area contributed by atoms with Crippen LogP contribution in [0.25, 0.3) is 0 Å². The van der Waals surface area contributed by atoms with Gasteiger partial charge in [-0.05, 0) is 35.5 Å². The second-order valence-corrected chi connectivity index (χ2v) is 4.20. The SMILES string of the molecule is C=CC=CC(CC)=C(SC)C(C)CC. The van der Waals surface area contributed by atoms with Crippen LogP contribution < -0.4 is 0 Å². The highest BCUT2D eigenvalue weighted by atomic mass is 32.2. The van der Waals surface area contributed by atoms with Crippen LogP contribution in [0, 0.1) is 5.92 Å². The Labute approximate surface area is 93.2 Å². The van der Waals surface area contributed by atoms with Crippen LogP contribution in [0.2, 0.25) is 0 Å². The maximum atomic E-state index is 3.70. The van der Waals surface area contributed by atoms with Gasteiger partial charge in [-0.25, -0.2) is 0 Å². The summed E-state index contributed by atoms with van der Waals surface area (Å²) in [5.41, 5.74) is 1.45. The number of hydrogen-bond donors (Lipinski definition) is 0. The van der Waals surface area contributed by atoms with E-state index in [4.69, 9.17) is 0 Å². The number of thioether (sulfide) groups is 1. The Hall–Kier alpha value is -0.430. The lowest BCUT2D eigenvalue weighted by Gasteiger charge is -2.15. The first-order valence-electron chi connectivity index (χ1n) is 5.27. The van der Waals surface area contributed by atoms with Gasteiger partial charge in [0.15, 0.2) is 0 Å². The molecule has 0 aromatic rings. The molecule has 0 rings (SSSR count). The van der Waals surface area contributed by atoms with Crippen molar-refractivity contribution in [3.8, 4) is 0 Å². The predicted octanol–water partition coefficient (Wildman–Crippen LogP) is 4.80. The molecule has 0 aliphatic carbocycles. The molecule has 1 atom stereocenters. The van der Waals surface area contributed by atoms with E-state index in [1.165, 1.54) is 16.9 Å². The van der Waals surface area contributed by atoms with Crippen LogP contribution in [0.3, 0.4) is 0 Å². The highest BCUT2D eigenvalue weighted by molar-refractivity contribution is 8.02. The van der Waals surface area contributed by atoms with E-state index in [1.54, 1.807) is 0 Å². The van der Waals surface area contributed by atoms with E-state index >= 15 is 0 Å². The molecule has 0 spiro atoms. The largest absolute Gasteiger partial charge is 0.133 e. The Morgan fingerprint density at radius 1 is 1.43 bits per heavy atom. The first-order chi connectivity index (χ1) is 6.71. The Kier molecular flexibility index (Phi) is 7.68. The lowest BCUT2D eigenvalue weighted by Crippen LogP contribution is -1.97. The van der Waals surface area contributed by atoms with E-state index in [-0.39, 0.29) is 0 Å². The minimum Gasteiger partial charge on any atom is -0.133 e. The van der Waals surface area contributed by atoms with E-state index < -0.39 is 0 Å². The molecule has 0 heterocycles. The highest BCUT2D eigenvalue weighted by Crippen LogP contribution is 2.29. The Bertz CT molecular complexity index is 223. The topological polar surface area (TPSA) is 0 Å². The summed E-state index contributed by atoms with van der Waals surface area (Å²) < 4.78 is 0. The molecule has 1 heteroatoms. The van der Waals surface area contributed by atoms with Crippen molar-refractivity contribution >= 4 is 11.8 Å². The summed E-state index contributed by atoms with van der Waals surface area (Å²) in [4.78, 5) is 1.52. The quantitative estimate of drug-likeness (QED) is 0.567. The van der Waals surface area contributed by atoms with Gasteiger partial charge in [0.05, 0.1) is 0 Å². The third-order valence-electron chi connectivity index (χ3n) is 2.41. The van der Waals surface area contributed by atoms with Gasteiger partial charge in [0.2, 0.25) is 0 Å². The lowest BCUT2D eigenvalue weighted by atomic mass is 10.0. The van der Waals surface area contributed by atoms with Crippen molar-refractivity contribution in [2.24, 2.45) is 5.92 Å². The molecule has 0 aromatic heterocycles. The van der Waals surface area contributed by atoms with E-state index in [2.05, 4.69) is 39.7 Å². The fraction of sp³-hybridized carbons (Fsp3) is 0.538. The minimum atomic E-state index is 0.675. The average molecular weight is 210 g/mol. The third kappa shape index (κ3) is 4.19. The molecule has 80 valence electrons. The maximum absolute atomic E-state index is 3.70. The molecule has 0 aliphatic rings. The summed E-state index contributed by atoms with van der Waals surface area (Å²) in [5, 5.41) is 0. The Morgan fingerprint density at radius 3 is 2.43 bits per heavy atom. The van der Waals surface area contributed by atoms with Gasteiger partial charge >= 0.3 is 0 Å². The fourth-order valence-corrected chi connectivity index (χ4v) is 2.44. The molecule has 0 N–H and O–H groups in total. The molecule has 0 bridgehead atoms. The van der Waals surface area contributed by atoms with Crippen molar-refractivity contribution in [2.45, 2.75) is 33.6 Å². The second kappa shape index (κ2) is 7.93. The van der Waals surface area contributed by atoms with Crippen LogP contribution in [0.4, 0.5) is 0 Å². The minimum absolute atomic E-state index is 0.675. The summed E-state index contributed by atoms with van der Waals surface area (Å²) in [6.45, 7) is 10.4. The average Bonchev–Trinajstić information content (AvgIpc) is 2.23. The van der Waals surface area contributed by atoms with Gasteiger partial charge in [0.1, 0.15) is 0 Å². The summed E-state index contributed by atoms with van der Waals surface area (Å²) in [5.74, 6) is 0.675. The van der Waals surface area contributed by atoms with Gasteiger partial charge in [-0.1, -0.05) is 45.6 Å². The van der Waals surface area contributed by atoms with Gasteiger partial charge in [-0.15, -0.1) is 11.8 Å². The second-order valence-electron chi connectivity index (χ2n) is 3.35. The fourth-order valence-electron chi connectivity index (χ4n) is 1.39. The zero-order valence-corrected chi connectivity index (χ0v) is 10.7. The van der Waals surface area contributed by atoms with Gasteiger partial charge in [-0.2, -0.15) is 0 Å². The normalized spacial score (nSPS) is 15.4. The van der Waals surface area contributed by atoms with Crippen molar-refractivity contribution in [1.29, 1.82) is 0 Å². The molecule has 0 radical (unpaired) electrons. The number of hydrogen-bond acceptors (Lipinski definition) is 1. The summed E-state index contributed by atoms with van der Waals surface area (Å²) >= 11 is 1.88. The van der Waals surface area contributed by atoms with Crippen molar-refractivity contribution in [3.63, 3.8) is 0 Å². The zero-order valence-electron chi connectivity index (χ0n) is 9.84. The summed E-state index contributed by atoms with van der Waals surface area (Å²) in [7, 11) is 0. The lowest BCUT2D eigenvalue weighted by molar-refractivity contribution is 0.681. The van der Waals surface area contributed by atoms with E-state index in [1.807, 2.05) is 23.9 Å². The molecule has 0 saturated heterocycles. The summed E-state index contributed by atoms with van der Waals surface area (Å²) in [6.07, 6.45) is 10.5. The van der Waals surface area contributed by atoms with Crippen LogP contribution >= 0.6 is 11.8 Å². The number of allylic oxidation sites excluding steroid dienone is 5. The van der Waals surface area contributed by atoms with Crippen molar-refractivity contribution in [3.05, 3.63) is 35.3 Å². The first-order valence-corrected chi connectivity index (χ1v) is 6.49. The highest BCUT2D eigenvalue weighted by Gasteiger charge is 2.08. The van der Waals surface area contributed by atoms with Gasteiger partial charge in [-0.3, -0.25) is 0 Å². The van der Waals surface area contributed by atoms with Gasteiger partial charge in [0.25, 0.3) is 0 Å². The zero-order chi connectivity index (χ0) is 11.0. The van der Waals surface area contributed by atoms with Crippen LogP contribution in [0.15, 0.2) is 35.3 Å². The monoisotopic (exact) mass is 210 g/mol. The van der Waals surface area contributed by atoms with Crippen LogP contribution in [-0.2, 0) is 0 Å². The number of rotatable bonds is 6. The summed E-state index contributed by atoms with van der Waals surface area (Å²) in [6, 6.07) is 0. The molecule has 14 heavy (non-hydrogen) atoms. The molecule has 0 amide bonds. The van der Waals surface area contributed by atoms with Crippen LogP contribution in [-0.4, -0.2) is 6.26 Å². The standard InChI is InChI=1S/C13H22S/c1-6-9-10-12(8-3)13(14-5)11(4)7-2/h6,9-11H,1,7-8H2,2-5H3. The van der Waals surface area contributed by atoms with Gasteiger partial charge in [0, 0.05) is 0 Å². The smallest absolute Gasteiger partial charge is 0.00950 e. The molecular weight excluding hydrogens is 188 g/mol. The Balaban J connectivity index is 4.89.